The molecule has 2 rings (SSSR count). The van der Waals surface area contributed by atoms with Crippen LogP contribution < -0.4 is 4.74 Å². The molecule has 0 aromatic heterocycles. The number of halogens is 4. The standard InChI is InChI=1S/C14H8Cl2F2O2/c15-8-1-4-14(11(16)5-8)20-7-13(19)10-3-2-9(17)6-12(10)18/h1-6H,7H2. The van der Waals surface area contributed by atoms with Crippen molar-refractivity contribution in [3.63, 3.8) is 0 Å². The van der Waals surface area contributed by atoms with Gasteiger partial charge in [0, 0.05) is 11.1 Å². The Morgan fingerprint density at radius 2 is 1.85 bits per heavy atom. The highest BCUT2D eigenvalue weighted by Gasteiger charge is 2.14. The van der Waals surface area contributed by atoms with Crippen molar-refractivity contribution in [2.75, 3.05) is 6.61 Å². The molecule has 20 heavy (non-hydrogen) atoms. The summed E-state index contributed by atoms with van der Waals surface area (Å²) in [6.45, 7) is -0.413. The van der Waals surface area contributed by atoms with Crippen LogP contribution in [0, 0.1) is 11.6 Å². The van der Waals surface area contributed by atoms with Gasteiger partial charge in [0.2, 0.25) is 5.78 Å². The molecule has 0 radical (unpaired) electrons. The van der Waals surface area contributed by atoms with Crippen LogP contribution in [-0.4, -0.2) is 12.4 Å². The molecule has 0 N–H and O–H groups in total. The first-order valence-electron chi connectivity index (χ1n) is 5.53. The summed E-state index contributed by atoms with van der Waals surface area (Å²) in [6, 6.07) is 7.22. The number of rotatable bonds is 4. The average Bonchev–Trinajstić information content (AvgIpc) is 2.37. The zero-order valence-corrected chi connectivity index (χ0v) is 11.5. The summed E-state index contributed by atoms with van der Waals surface area (Å²) in [5.41, 5.74) is -0.239. The molecule has 0 aliphatic heterocycles. The number of ether oxygens (including phenoxy) is 1. The Hall–Kier alpha value is -1.65. The van der Waals surface area contributed by atoms with Gasteiger partial charge >= 0.3 is 0 Å². The predicted octanol–water partition coefficient (Wildman–Crippen LogP) is 4.53. The molecular weight excluding hydrogens is 309 g/mol. The molecule has 0 fully saturated rings. The van der Waals surface area contributed by atoms with Crippen LogP contribution in [0.3, 0.4) is 0 Å². The van der Waals surface area contributed by atoms with Gasteiger partial charge in [0.1, 0.15) is 17.4 Å². The van der Waals surface area contributed by atoms with Crippen LogP contribution in [0.15, 0.2) is 36.4 Å². The van der Waals surface area contributed by atoms with Gasteiger partial charge in [0.05, 0.1) is 10.6 Å². The number of hydrogen-bond donors (Lipinski definition) is 0. The quantitative estimate of drug-likeness (QED) is 0.774. The Morgan fingerprint density at radius 1 is 1.10 bits per heavy atom. The molecule has 0 aliphatic rings. The van der Waals surface area contributed by atoms with Gasteiger partial charge < -0.3 is 4.74 Å². The predicted molar refractivity (Wildman–Crippen MR) is 72.6 cm³/mol. The molecule has 6 heteroatoms. The lowest BCUT2D eigenvalue weighted by molar-refractivity contribution is 0.0917. The minimum absolute atomic E-state index is 0.239. The third-order valence-corrected chi connectivity index (χ3v) is 3.01. The minimum Gasteiger partial charge on any atom is -0.484 e. The van der Waals surface area contributed by atoms with Crippen molar-refractivity contribution in [1.82, 2.24) is 0 Å². The van der Waals surface area contributed by atoms with Gasteiger partial charge in [-0.3, -0.25) is 4.79 Å². The molecule has 2 aromatic carbocycles. The molecule has 0 saturated carbocycles. The zero-order chi connectivity index (χ0) is 14.7. The van der Waals surface area contributed by atoms with Crippen LogP contribution in [0.5, 0.6) is 5.75 Å². The first-order chi connectivity index (χ1) is 9.47. The molecule has 0 atom stereocenters. The molecule has 0 unspecified atom stereocenters. The highest BCUT2D eigenvalue weighted by Crippen LogP contribution is 2.27. The monoisotopic (exact) mass is 316 g/mol. The van der Waals surface area contributed by atoms with Gasteiger partial charge in [0.25, 0.3) is 0 Å². The van der Waals surface area contributed by atoms with Gasteiger partial charge in [-0.05, 0) is 30.3 Å². The Morgan fingerprint density at radius 3 is 2.50 bits per heavy atom. The Balaban J connectivity index is 2.08. The van der Waals surface area contributed by atoms with E-state index >= 15 is 0 Å². The lowest BCUT2D eigenvalue weighted by atomic mass is 10.1. The number of ketones is 1. The Bertz CT molecular complexity index is 660. The van der Waals surface area contributed by atoms with Crippen molar-refractivity contribution in [3.8, 4) is 5.75 Å². The Kier molecular flexibility index (Phi) is 4.57. The third kappa shape index (κ3) is 3.46. The third-order valence-electron chi connectivity index (χ3n) is 2.48. The minimum atomic E-state index is -0.930. The number of benzene rings is 2. The van der Waals surface area contributed by atoms with E-state index in [1.54, 1.807) is 6.07 Å². The number of carbonyl (C=O) groups excluding carboxylic acids is 1. The zero-order valence-electron chi connectivity index (χ0n) is 10.00. The van der Waals surface area contributed by atoms with E-state index < -0.39 is 24.0 Å². The van der Waals surface area contributed by atoms with Gasteiger partial charge in [0.15, 0.2) is 6.61 Å². The maximum absolute atomic E-state index is 13.4. The molecule has 0 amide bonds. The fourth-order valence-corrected chi connectivity index (χ4v) is 1.99. The van der Waals surface area contributed by atoms with E-state index in [0.717, 1.165) is 12.1 Å². The number of carbonyl (C=O) groups is 1. The molecule has 2 nitrogen and oxygen atoms in total. The summed E-state index contributed by atoms with van der Waals surface area (Å²) < 4.78 is 31.3. The highest BCUT2D eigenvalue weighted by atomic mass is 35.5. The van der Waals surface area contributed by atoms with Crippen LogP contribution in [0.1, 0.15) is 10.4 Å². The lowest BCUT2D eigenvalue weighted by Crippen LogP contribution is -2.13. The fraction of sp³-hybridized carbons (Fsp3) is 0.0714. The fourth-order valence-electron chi connectivity index (χ4n) is 1.53. The van der Waals surface area contributed by atoms with E-state index in [1.165, 1.54) is 12.1 Å². The van der Waals surface area contributed by atoms with Crippen molar-refractivity contribution in [1.29, 1.82) is 0 Å². The SMILES string of the molecule is O=C(COc1ccc(Cl)cc1Cl)c1ccc(F)cc1F. The van der Waals surface area contributed by atoms with Crippen LogP contribution in [0.4, 0.5) is 8.78 Å². The summed E-state index contributed by atoms with van der Waals surface area (Å²) in [5, 5.41) is 0.670. The summed E-state index contributed by atoms with van der Waals surface area (Å²) in [5.74, 6) is -2.04. The van der Waals surface area contributed by atoms with Crippen molar-refractivity contribution in [3.05, 3.63) is 63.6 Å². The van der Waals surface area contributed by atoms with Crippen LogP contribution >= 0.6 is 23.2 Å². The van der Waals surface area contributed by atoms with Crippen molar-refractivity contribution >= 4 is 29.0 Å². The molecule has 0 aliphatic carbocycles. The molecular formula is C14H8Cl2F2O2. The largest absolute Gasteiger partial charge is 0.484 e. The second kappa shape index (κ2) is 6.20. The molecule has 0 bridgehead atoms. The molecule has 104 valence electrons. The molecule has 0 heterocycles. The van der Waals surface area contributed by atoms with Crippen molar-refractivity contribution in [2.45, 2.75) is 0 Å². The second-order valence-electron chi connectivity index (χ2n) is 3.91. The summed E-state index contributed by atoms with van der Waals surface area (Å²) in [6.07, 6.45) is 0. The normalized spacial score (nSPS) is 10.4. The van der Waals surface area contributed by atoms with Gasteiger partial charge in [-0.25, -0.2) is 8.78 Å². The lowest BCUT2D eigenvalue weighted by Gasteiger charge is -2.08. The van der Waals surface area contributed by atoms with Gasteiger partial charge in [-0.2, -0.15) is 0 Å². The Labute approximate surface area is 123 Å². The van der Waals surface area contributed by atoms with Crippen molar-refractivity contribution < 1.29 is 18.3 Å². The molecule has 0 saturated heterocycles. The topological polar surface area (TPSA) is 26.3 Å². The van der Waals surface area contributed by atoms with Crippen LogP contribution in [0.2, 0.25) is 10.0 Å². The molecule has 2 aromatic rings. The van der Waals surface area contributed by atoms with E-state index in [9.17, 15) is 13.6 Å². The summed E-state index contributed by atoms with van der Waals surface area (Å²) in [7, 11) is 0. The first kappa shape index (κ1) is 14.8. The highest BCUT2D eigenvalue weighted by molar-refractivity contribution is 6.35. The number of hydrogen-bond acceptors (Lipinski definition) is 2. The van der Waals surface area contributed by atoms with E-state index in [1.807, 2.05) is 0 Å². The first-order valence-corrected chi connectivity index (χ1v) is 6.29. The molecule has 0 spiro atoms. The summed E-state index contributed by atoms with van der Waals surface area (Å²) >= 11 is 11.6. The van der Waals surface area contributed by atoms with Crippen molar-refractivity contribution in [2.24, 2.45) is 0 Å². The average molecular weight is 317 g/mol. The second-order valence-corrected chi connectivity index (χ2v) is 4.75. The van der Waals surface area contributed by atoms with Crippen LogP contribution in [-0.2, 0) is 0 Å². The van der Waals surface area contributed by atoms with Crippen LogP contribution in [0.25, 0.3) is 0 Å². The maximum Gasteiger partial charge on any atom is 0.203 e. The van der Waals surface area contributed by atoms with E-state index in [0.29, 0.717) is 11.1 Å². The maximum atomic E-state index is 13.4. The van der Waals surface area contributed by atoms with E-state index in [4.69, 9.17) is 27.9 Å². The summed E-state index contributed by atoms with van der Waals surface area (Å²) in [4.78, 5) is 11.8. The van der Waals surface area contributed by atoms with E-state index in [2.05, 4.69) is 0 Å². The van der Waals surface area contributed by atoms with E-state index in [-0.39, 0.29) is 16.3 Å². The van der Waals surface area contributed by atoms with Gasteiger partial charge in [-0.15, -0.1) is 0 Å². The number of Topliss-reactive ketones (excluding diaryl/α,β-unsaturated/α-hetero) is 1. The smallest absolute Gasteiger partial charge is 0.203 e. The van der Waals surface area contributed by atoms with Gasteiger partial charge in [-0.1, -0.05) is 23.2 Å².